The summed E-state index contributed by atoms with van der Waals surface area (Å²) in [5.41, 5.74) is 0.116. The van der Waals surface area contributed by atoms with E-state index in [9.17, 15) is 0 Å². The largest absolute Gasteiger partial charge is 0.234 e. The topological polar surface area (TPSA) is 25.8 Å². The Morgan fingerprint density at radius 3 is 2.55 bits per heavy atom. The summed E-state index contributed by atoms with van der Waals surface area (Å²) in [5.74, 6) is 0. The van der Waals surface area contributed by atoms with Crippen LogP contribution in [0.25, 0.3) is 0 Å². The normalized spacial score (nSPS) is 12.0. The highest BCUT2D eigenvalue weighted by atomic mass is 35.5. The molecule has 0 bridgehead atoms. The van der Waals surface area contributed by atoms with Crippen LogP contribution in [0, 0.1) is 0 Å². The van der Waals surface area contributed by atoms with Gasteiger partial charge in [-0.05, 0) is 29.6 Å². The van der Waals surface area contributed by atoms with E-state index >= 15 is 0 Å². The van der Waals surface area contributed by atoms with Crippen LogP contribution >= 0.6 is 23.1 Å². The lowest BCUT2D eigenvalue weighted by molar-refractivity contribution is 0.503. The van der Waals surface area contributed by atoms with Gasteiger partial charge in [0.1, 0.15) is 5.01 Å². The SMILES string of the molecule is CCC(C)(C)c1nc(Cl)ns1. The van der Waals surface area contributed by atoms with Crippen molar-refractivity contribution in [1.29, 1.82) is 0 Å². The van der Waals surface area contributed by atoms with E-state index in [2.05, 4.69) is 30.1 Å². The minimum atomic E-state index is 0.116. The maximum absolute atomic E-state index is 5.61. The van der Waals surface area contributed by atoms with E-state index in [0.29, 0.717) is 5.28 Å². The van der Waals surface area contributed by atoms with Gasteiger partial charge in [0.05, 0.1) is 0 Å². The predicted molar refractivity (Wildman–Crippen MR) is 48.2 cm³/mol. The summed E-state index contributed by atoms with van der Waals surface area (Å²) in [4.78, 5) is 4.13. The quantitative estimate of drug-likeness (QED) is 0.717. The highest BCUT2D eigenvalue weighted by Gasteiger charge is 2.22. The van der Waals surface area contributed by atoms with Crippen LogP contribution in [-0.2, 0) is 5.41 Å². The van der Waals surface area contributed by atoms with Crippen LogP contribution in [0.3, 0.4) is 0 Å². The molecule has 62 valence electrons. The first-order valence-electron chi connectivity index (χ1n) is 3.56. The molecule has 0 saturated heterocycles. The van der Waals surface area contributed by atoms with Gasteiger partial charge >= 0.3 is 0 Å². The molecule has 1 aromatic heterocycles. The van der Waals surface area contributed by atoms with Gasteiger partial charge in [-0.25, -0.2) is 4.98 Å². The second kappa shape index (κ2) is 3.07. The number of hydrogen-bond donors (Lipinski definition) is 0. The van der Waals surface area contributed by atoms with Crippen LogP contribution in [0.1, 0.15) is 32.2 Å². The molecule has 11 heavy (non-hydrogen) atoms. The van der Waals surface area contributed by atoms with Crippen molar-refractivity contribution >= 4 is 23.1 Å². The molecular formula is C7H11ClN2S. The number of aromatic nitrogens is 2. The van der Waals surface area contributed by atoms with Crippen molar-refractivity contribution in [3.8, 4) is 0 Å². The van der Waals surface area contributed by atoms with Crippen molar-refractivity contribution < 1.29 is 0 Å². The lowest BCUT2D eigenvalue weighted by Crippen LogP contribution is -2.14. The molecule has 0 aromatic carbocycles. The van der Waals surface area contributed by atoms with Gasteiger partial charge in [0.25, 0.3) is 0 Å². The fraction of sp³-hybridized carbons (Fsp3) is 0.714. The highest BCUT2D eigenvalue weighted by Crippen LogP contribution is 2.28. The van der Waals surface area contributed by atoms with Crippen LogP contribution in [0.15, 0.2) is 0 Å². The molecule has 0 aliphatic rings. The van der Waals surface area contributed by atoms with Crippen molar-refractivity contribution in [3.05, 3.63) is 10.3 Å². The number of halogens is 1. The van der Waals surface area contributed by atoms with Gasteiger partial charge in [-0.3, -0.25) is 0 Å². The number of hydrogen-bond acceptors (Lipinski definition) is 3. The molecule has 0 aliphatic heterocycles. The van der Waals surface area contributed by atoms with E-state index < -0.39 is 0 Å². The summed E-state index contributed by atoms with van der Waals surface area (Å²) in [5, 5.41) is 1.39. The molecule has 0 saturated carbocycles. The molecule has 2 nitrogen and oxygen atoms in total. The first kappa shape index (κ1) is 8.94. The molecule has 0 N–H and O–H groups in total. The van der Waals surface area contributed by atoms with Gasteiger partial charge in [-0.2, -0.15) is 4.37 Å². The smallest absolute Gasteiger partial charge is 0.209 e. The third-order valence-corrected chi connectivity index (χ3v) is 3.21. The van der Waals surface area contributed by atoms with Crippen LogP contribution in [-0.4, -0.2) is 9.36 Å². The maximum atomic E-state index is 5.61. The molecule has 0 amide bonds. The third kappa shape index (κ3) is 1.91. The molecule has 0 aliphatic carbocycles. The summed E-state index contributed by atoms with van der Waals surface area (Å²) in [6.07, 6.45) is 1.05. The molecule has 4 heteroatoms. The Morgan fingerprint density at radius 2 is 2.18 bits per heavy atom. The molecular weight excluding hydrogens is 180 g/mol. The van der Waals surface area contributed by atoms with E-state index in [0.717, 1.165) is 11.4 Å². The van der Waals surface area contributed by atoms with Crippen LogP contribution < -0.4 is 0 Å². The van der Waals surface area contributed by atoms with Crippen molar-refractivity contribution in [2.45, 2.75) is 32.6 Å². The molecule has 1 rings (SSSR count). The molecule has 0 radical (unpaired) electrons. The van der Waals surface area contributed by atoms with Gasteiger partial charge in [0, 0.05) is 5.41 Å². The van der Waals surface area contributed by atoms with E-state index in [1.165, 1.54) is 11.5 Å². The molecule has 0 unspecified atom stereocenters. The summed E-state index contributed by atoms with van der Waals surface area (Å²) in [6.45, 7) is 6.42. The average Bonchev–Trinajstić information content (AvgIpc) is 2.36. The minimum Gasteiger partial charge on any atom is -0.209 e. The molecule has 0 fully saturated rings. The van der Waals surface area contributed by atoms with E-state index in [1.54, 1.807) is 0 Å². The second-order valence-corrected chi connectivity index (χ2v) is 4.20. The molecule has 0 spiro atoms. The molecule has 1 aromatic rings. The van der Waals surface area contributed by atoms with E-state index in [1.807, 2.05) is 0 Å². The Morgan fingerprint density at radius 1 is 1.55 bits per heavy atom. The number of nitrogens with zero attached hydrogens (tertiary/aromatic N) is 2. The van der Waals surface area contributed by atoms with Gasteiger partial charge in [0.2, 0.25) is 5.28 Å². The van der Waals surface area contributed by atoms with Crippen molar-refractivity contribution in [1.82, 2.24) is 9.36 Å². The predicted octanol–water partition coefficient (Wildman–Crippen LogP) is 2.88. The Hall–Kier alpha value is -0.150. The summed E-state index contributed by atoms with van der Waals surface area (Å²) in [6, 6.07) is 0. The highest BCUT2D eigenvalue weighted by molar-refractivity contribution is 7.05. The summed E-state index contributed by atoms with van der Waals surface area (Å²) >= 11 is 7.00. The minimum absolute atomic E-state index is 0.116. The van der Waals surface area contributed by atoms with Crippen LogP contribution in [0.4, 0.5) is 0 Å². The van der Waals surface area contributed by atoms with Gasteiger partial charge < -0.3 is 0 Å². The molecule has 1 heterocycles. The first-order chi connectivity index (χ1) is 5.06. The first-order valence-corrected chi connectivity index (χ1v) is 4.71. The van der Waals surface area contributed by atoms with Gasteiger partial charge in [-0.15, -0.1) is 0 Å². The zero-order valence-corrected chi connectivity index (χ0v) is 8.46. The Kier molecular flexibility index (Phi) is 2.50. The maximum Gasteiger partial charge on any atom is 0.234 e. The van der Waals surface area contributed by atoms with E-state index in [-0.39, 0.29) is 5.41 Å². The third-order valence-electron chi connectivity index (χ3n) is 1.86. The zero-order chi connectivity index (χ0) is 8.48. The van der Waals surface area contributed by atoms with Gasteiger partial charge in [-0.1, -0.05) is 20.8 Å². The van der Waals surface area contributed by atoms with Crippen molar-refractivity contribution in [3.63, 3.8) is 0 Å². The van der Waals surface area contributed by atoms with Crippen molar-refractivity contribution in [2.75, 3.05) is 0 Å². The fourth-order valence-electron chi connectivity index (χ4n) is 0.632. The summed E-state index contributed by atoms with van der Waals surface area (Å²) < 4.78 is 3.93. The number of rotatable bonds is 2. The van der Waals surface area contributed by atoms with Crippen LogP contribution in [0.2, 0.25) is 5.28 Å². The Labute approximate surface area is 75.8 Å². The Balaban J connectivity index is 2.92. The van der Waals surface area contributed by atoms with Crippen LogP contribution in [0.5, 0.6) is 0 Å². The van der Waals surface area contributed by atoms with Crippen molar-refractivity contribution in [2.24, 2.45) is 0 Å². The second-order valence-electron chi connectivity index (χ2n) is 3.11. The standard InChI is InChI=1S/C7H11ClN2S/c1-4-7(2,3)5-9-6(8)10-11-5/h4H2,1-3H3. The lowest BCUT2D eigenvalue weighted by Gasteiger charge is -2.17. The van der Waals surface area contributed by atoms with E-state index in [4.69, 9.17) is 11.6 Å². The lowest BCUT2D eigenvalue weighted by atomic mass is 9.91. The Bertz CT molecular complexity index is 244. The fourth-order valence-corrected chi connectivity index (χ4v) is 1.59. The monoisotopic (exact) mass is 190 g/mol. The average molecular weight is 191 g/mol. The summed E-state index contributed by atoms with van der Waals surface area (Å²) in [7, 11) is 0. The molecule has 0 atom stereocenters. The zero-order valence-electron chi connectivity index (χ0n) is 6.89. The van der Waals surface area contributed by atoms with Gasteiger partial charge in [0.15, 0.2) is 0 Å².